The predicted octanol–water partition coefficient (Wildman–Crippen LogP) is 0.0801. The van der Waals surface area contributed by atoms with E-state index < -0.39 is 5.60 Å². The largest absolute Gasteiger partial charge is 0.459 e. The molecule has 0 aromatic carbocycles. The van der Waals surface area contributed by atoms with Gasteiger partial charge in [0.1, 0.15) is 12.1 Å². The van der Waals surface area contributed by atoms with Gasteiger partial charge in [0.25, 0.3) is 0 Å². The third-order valence-electron chi connectivity index (χ3n) is 2.37. The molecule has 0 saturated carbocycles. The minimum atomic E-state index is -0.402. The highest BCUT2D eigenvalue weighted by molar-refractivity contribution is 5.71. The van der Waals surface area contributed by atoms with Crippen LogP contribution < -0.4 is 5.43 Å². The van der Waals surface area contributed by atoms with Gasteiger partial charge >= 0.3 is 5.97 Å². The Morgan fingerprint density at radius 3 is 2.31 bits per heavy atom. The average molecular weight is 229 g/mol. The van der Waals surface area contributed by atoms with Gasteiger partial charge in [-0.3, -0.25) is 4.79 Å². The summed E-state index contributed by atoms with van der Waals surface area (Å²) in [6, 6.07) is 0. The number of nitrogens with zero attached hydrogens (tertiary/aromatic N) is 2. The summed E-state index contributed by atoms with van der Waals surface area (Å²) >= 11 is 0. The van der Waals surface area contributed by atoms with Gasteiger partial charge in [-0.25, -0.2) is 10.4 Å². The zero-order valence-corrected chi connectivity index (χ0v) is 10.7. The monoisotopic (exact) mass is 229 g/mol. The smallest absolute Gasteiger partial charge is 0.321 e. The minimum Gasteiger partial charge on any atom is -0.459 e. The van der Waals surface area contributed by atoms with Crippen molar-refractivity contribution in [3.8, 4) is 0 Å². The third kappa shape index (κ3) is 5.44. The van der Waals surface area contributed by atoms with Crippen molar-refractivity contribution in [2.24, 2.45) is 0 Å². The van der Waals surface area contributed by atoms with Gasteiger partial charge in [0.05, 0.1) is 0 Å². The Morgan fingerprint density at radius 2 is 1.81 bits per heavy atom. The fourth-order valence-electron chi connectivity index (χ4n) is 1.52. The lowest BCUT2D eigenvalue weighted by molar-refractivity contribution is -0.154. The normalized spacial score (nSPS) is 19.8. The fraction of sp³-hybridized carbons (Fsp3) is 0.909. The minimum absolute atomic E-state index is 0.202. The number of hydrazine groups is 1. The summed E-state index contributed by atoms with van der Waals surface area (Å²) in [6.07, 6.45) is 0. The summed E-state index contributed by atoms with van der Waals surface area (Å²) < 4.78 is 5.21. The lowest BCUT2D eigenvalue weighted by Crippen LogP contribution is -2.52. The van der Waals surface area contributed by atoms with E-state index in [9.17, 15) is 4.79 Å². The molecule has 0 aromatic heterocycles. The number of hydrogen-bond donors (Lipinski definition) is 1. The maximum Gasteiger partial charge on any atom is 0.321 e. The maximum atomic E-state index is 11.4. The lowest BCUT2D eigenvalue weighted by Gasteiger charge is -2.32. The molecule has 16 heavy (non-hydrogen) atoms. The summed E-state index contributed by atoms with van der Waals surface area (Å²) in [5.41, 5.74) is 2.69. The molecule has 94 valence electrons. The fourth-order valence-corrected chi connectivity index (χ4v) is 1.52. The van der Waals surface area contributed by atoms with Crippen LogP contribution in [0.15, 0.2) is 0 Å². The van der Waals surface area contributed by atoms with Gasteiger partial charge in [-0.2, -0.15) is 0 Å². The summed E-state index contributed by atoms with van der Waals surface area (Å²) in [5.74, 6) is -0.202. The Balaban J connectivity index is 2.17. The van der Waals surface area contributed by atoms with Crippen LogP contribution in [0.2, 0.25) is 0 Å². The van der Waals surface area contributed by atoms with Crippen molar-refractivity contribution in [2.75, 3.05) is 39.8 Å². The topological polar surface area (TPSA) is 44.8 Å². The first-order chi connectivity index (χ1) is 7.37. The highest BCUT2D eigenvalue weighted by atomic mass is 16.6. The molecular formula is C11H23N3O2. The van der Waals surface area contributed by atoms with Crippen molar-refractivity contribution in [3.63, 3.8) is 0 Å². The number of carbonyl (C=O) groups excluding carboxylic acids is 1. The van der Waals surface area contributed by atoms with Crippen molar-refractivity contribution < 1.29 is 9.53 Å². The molecule has 5 heteroatoms. The third-order valence-corrected chi connectivity index (χ3v) is 2.37. The predicted molar refractivity (Wildman–Crippen MR) is 62.9 cm³/mol. The van der Waals surface area contributed by atoms with Gasteiger partial charge in [0.2, 0.25) is 0 Å². The van der Waals surface area contributed by atoms with Gasteiger partial charge in [-0.15, -0.1) is 0 Å². The first kappa shape index (κ1) is 13.4. The highest BCUT2D eigenvalue weighted by Crippen LogP contribution is 2.06. The van der Waals surface area contributed by atoms with E-state index in [1.807, 2.05) is 20.8 Å². The molecule has 1 N–H and O–H groups in total. The number of ether oxygens (including phenoxy) is 1. The molecule has 0 bridgehead atoms. The van der Waals surface area contributed by atoms with Crippen LogP contribution in [0.5, 0.6) is 0 Å². The molecule has 1 aliphatic rings. The number of hydrogen-bond acceptors (Lipinski definition) is 5. The molecular weight excluding hydrogens is 206 g/mol. The number of carbonyl (C=O) groups is 1. The molecule has 0 unspecified atom stereocenters. The van der Waals surface area contributed by atoms with Crippen LogP contribution in [0.1, 0.15) is 20.8 Å². The Morgan fingerprint density at radius 1 is 1.25 bits per heavy atom. The quantitative estimate of drug-likeness (QED) is 0.694. The van der Waals surface area contributed by atoms with Crippen LogP contribution in [0, 0.1) is 0 Å². The first-order valence-electron chi connectivity index (χ1n) is 5.76. The molecule has 5 nitrogen and oxygen atoms in total. The van der Waals surface area contributed by atoms with Crippen LogP contribution in [0.4, 0.5) is 0 Å². The second-order valence-corrected chi connectivity index (χ2v) is 5.21. The highest BCUT2D eigenvalue weighted by Gasteiger charge is 2.18. The van der Waals surface area contributed by atoms with Crippen molar-refractivity contribution in [1.29, 1.82) is 0 Å². The SMILES string of the molecule is CN1CCN(NCC(=O)OC(C)(C)C)CC1. The van der Waals surface area contributed by atoms with E-state index in [0.29, 0.717) is 0 Å². The van der Waals surface area contributed by atoms with Gasteiger partial charge in [0, 0.05) is 26.2 Å². The second-order valence-electron chi connectivity index (χ2n) is 5.21. The Labute approximate surface area is 97.7 Å². The van der Waals surface area contributed by atoms with E-state index in [1.165, 1.54) is 0 Å². The number of rotatable bonds is 3. The van der Waals surface area contributed by atoms with Crippen molar-refractivity contribution in [2.45, 2.75) is 26.4 Å². The van der Waals surface area contributed by atoms with Gasteiger partial charge in [-0.05, 0) is 27.8 Å². The van der Waals surface area contributed by atoms with Crippen molar-refractivity contribution >= 4 is 5.97 Å². The molecule has 1 aliphatic heterocycles. The number of nitrogens with one attached hydrogen (secondary N) is 1. The van der Waals surface area contributed by atoms with E-state index in [1.54, 1.807) is 0 Å². The molecule has 0 spiro atoms. The molecule has 0 amide bonds. The van der Waals surface area contributed by atoms with E-state index in [4.69, 9.17) is 4.74 Å². The molecule has 0 aliphatic carbocycles. The maximum absolute atomic E-state index is 11.4. The number of esters is 1. The van der Waals surface area contributed by atoms with Crippen molar-refractivity contribution in [3.05, 3.63) is 0 Å². The Hall–Kier alpha value is -0.650. The van der Waals surface area contributed by atoms with E-state index in [0.717, 1.165) is 26.2 Å². The standard InChI is InChI=1S/C11H23N3O2/c1-11(2,3)16-10(15)9-12-14-7-5-13(4)6-8-14/h12H,5-9H2,1-4H3. The lowest BCUT2D eigenvalue weighted by atomic mass is 10.2. The number of likely N-dealkylation sites (N-methyl/N-ethyl adjacent to an activating group) is 1. The average Bonchev–Trinajstić information content (AvgIpc) is 2.14. The van der Waals surface area contributed by atoms with Crippen LogP contribution in [0.3, 0.4) is 0 Å². The molecule has 0 radical (unpaired) electrons. The molecule has 0 atom stereocenters. The van der Waals surface area contributed by atoms with E-state index in [-0.39, 0.29) is 12.5 Å². The Bertz CT molecular complexity index is 230. The van der Waals surface area contributed by atoms with E-state index >= 15 is 0 Å². The van der Waals surface area contributed by atoms with Crippen LogP contribution in [-0.2, 0) is 9.53 Å². The number of piperazine rings is 1. The summed E-state index contributed by atoms with van der Waals surface area (Å²) in [6.45, 7) is 9.82. The zero-order valence-electron chi connectivity index (χ0n) is 10.7. The summed E-state index contributed by atoms with van der Waals surface area (Å²) in [5, 5.41) is 2.07. The molecule has 1 rings (SSSR count). The van der Waals surface area contributed by atoms with Crippen LogP contribution in [0.25, 0.3) is 0 Å². The summed E-state index contributed by atoms with van der Waals surface area (Å²) in [7, 11) is 2.10. The van der Waals surface area contributed by atoms with E-state index in [2.05, 4.69) is 22.4 Å². The van der Waals surface area contributed by atoms with Crippen molar-refractivity contribution in [1.82, 2.24) is 15.3 Å². The molecule has 1 saturated heterocycles. The summed E-state index contributed by atoms with van der Waals surface area (Å²) in [4.78, 5) is 13.7. The van der Waals surface area contributed by atoms with Gasteiger partial charge < -0.3 is 9.64 Å². The first-order valence-corrected chi connectivity index (χ1v) is 5.76. The van der Waals surface area contributed by atoms with Gasteiger partial charge in [-0.1, -0.05) is 0 Å². The Kier molecular flexibility index (Phi) is 4.70. The second kappa shape index (κ2) is 5.61. The van der Waals surface area contributed by atoms with Crippen LogP contribution >= 0.6 is 0 Å². The van der Waals surface area contributed by atoms with Gasteiger partial charge in [0.15, 0.2) is 0 Å². The molecule has 1 heterocycles. The zero-order chi connectivity index (χ0) is 12.2. The molecule has 0 aromatic rings. The molecule has 1 fully saturated rings. The van der Waals surface area contributed by atoms with Crippen LogP contribution in [-0.4, -0.2) is 61.3 Å².